The monoisotopic (exact) mass is 289 g/mol. The maximum atomic E-state index is 8.81. The summed E-state index contributed by atoms with van der Waals surface area (Å²) in [4.78, 5) is 8.31. The highest BCUT2D eigenvalue weighted by Gasteiger charge is 1.99. The van der Waals surface area contributed by atoms with Gasteiger partial charge in [0.25, 0.3) is 0 Å². The first-order valence-electron chi connectivity index (χ1n) is 6.93. The number of hydrogen-bond donors (Lipinski definition) is 0. The van der Waals surface area contributed by atoms with E-state index in [9.17, 15) is 0 Å². The third-order valence-electron chi connectivity index (χ3n) is 2.19. The SMILES string of the molecule is C/C=C/c1ccn(C2=CCC=CC=C2)n1.CC.C[N+](=O)[O-]. The Hall–Kier alpha value is -2.43. The molecule has 0 aromatic carbocycles. The molecule has 0 aliphatic heterocycles. The van der Waals surface area contributed by atoms with Crippen LogP contribution < -0.4 is 0 Å². The fourth-order valence-corrected chi connectivity index (χ4v) is 1.48. The van der Waals surface area contributed by atoms with Crippen molar-refractivity contribution >= 4 is 11.8 Å². The average Bonchev–Trinajstić information content (AvgIpc) is 2.75. The van der Waals surface area contributed by atoms with Crippen LogP contribution in [-0.4, -0.2) is 21.8 Å². The van der Waals surface area contributed by atoms with E-state index in [0.717, 1.165) is 24.9 Å². The van der Waals surface area contributed by atoms with Gasteiger partial charge in [-0.25, -0.2) is 4.68 Å². The lowest BCUT2D eigenvalue weighted by molar-refractivity contribution is -0.445. The molecule has 0 radical (unpaired) electrons. The summed E-state index contributed by atoms with van der Waals surface area (Å²) in [7, 11) is 0.889. The maximum Gasteiger partial charge on any atom is 0.194 e. The molecule has 0 saturated carbocycles. The van der Waals surface area contributed by atoms with Gasteiger partial charge in [-0.1, -0.05) is 44.2 Å². The van der Waals surface area contributed by atoms with Gasteiger partial charge in [0.1, 0.15) is 0 Å². The molecule has 0 amide bonds. The zero-order chi connectivity index (χ0) is 16.1. The van der Waals surface area contributed by atoms with E-state index in [1.54, 1.807) is 0 Å². The molecule has 0 N–H and O–H groups in total. The molecule has 0 spiro atoms. The first kappa shape index (κ1) is 18.6. The summed E-state index contributed by atoms with van der Waals surface area (Å²) in [5.74, 6) is 0. The van der Waals surface area contributed by atoms with Crippen LogP contribution in [0.2, 0.25) is 0 Å². The van der Waals surface area contributed by atoms with Crippen LogP contribution in [0.25, 0.3) is 11.8 Å². The smallest absolute Gasteiger partial charge is 0.194 e. The van der Waals surface area contributed by atoms with Gasteiger partial charge in [-0.3, -0.25) is 10.1 Å². The van der Waals surface area contributed by atoms with Crippen molar-refractivity contribution < 1.29 is 4.92 Å². The minimum atomic E-state index is -0.500. The summed E-state index contributed by atoms with van der Waals surface area (Å²) in [5, 5.41) is 13.3. The Morgan fingerprint density at radius 2 is 2.05 bits per heavy atom. The summed E-state index contributed by atoms with van der Waals surface area (Å²) in [6.45, 7) is 5.99. The molecule has 0 bridgehead atoms. The van der Waals surface area contributed by atoms with E-state index in [0.29, 0.717) is 0 Å². The highest BCUT2D eigenvalue weighted by atomic mass is 16.6. The first-order chi connectivity index (χ1) is 10.1. The van der Waals surface area contributed by atoms with Gasteiger partial charge in [0.15, 0.2) is 7.05 Å². The summed E-state index contributed by atoms with van der Waals surface area (Å²) >= 11 is 0. The third-order valence-corrected chi connectivity index (χ3v) is 2.19. The van der Waals surface area contributed by atoms with Gasteiger partial charge >= 0.3 is 0 Å². The Bertz CT molecular complexity index is 533. The highest BCUT2D eigenvalue weighted by Crippen LogP contribution is 2.11. The lowest BCUT2D eigenvalue weighted by Gasteiger charge is -2.00. The van der Waals surface area contributed by atoms with Gasteiger partial charge in [-0.05, 0) is 31.6 Å². The van der Waals surface area contributed by atoms with Gasteiger partial charge < -0.3 is 0 Å². The third kappa shape index (κ3) is 8.36. The molecule has 114 valence electrons. The van der Waals surface area contributed by atoms with Crippen molar-refractivity contribution in [1.29, 1.82) is 0 Å². The van der Waals surface area contributed by atoms with Gasteiger partial charge in [-0.2, -0.15) is 5.10 Å². The van der Waals surface area contributed by atoms with E-state index in [4.69, 9.17) is 10.1 Å². The molecule has 0 fully saturated rings. The second-order valence-electron chi connectivity index (χ2n) is 3.78. The molecule has 0 unspecified atom stereocenters. The summed E-state index contributed by atoms with van der Waals surface area (Å²) < 4.78 is 1.90. The van der Waals surface area contributed by atoms with E-state index in [2.05, 4.69) is 29.4 Å². The number of nitro groups is 1. The van der Waals surface area contributed by atoms with Crippen molar-refractivity contribution in [2.45, 2.75) is 27.2 Å². The molecule has 5 heteroatoms. The largest absolute Gasteiger partial charge is 0.265 e. The lowest BCUT2D eigenvalue weighted by Crippen LogP contribution is -1.95. The second kappa shape index (κ2) is 11.4. The molecule has 1 aliphatic carbocycles. The van der Waals surface area contributed by atoms with Crippen molar-refractivity contribution in [3.8, 4) is 0 Å². The number of aromatic nitrogens is 2. The normalized spacial score (nSPS) is 12.7. The molecule has 2 rings (SSSR count). The zero-order valence-electron chi connectivity index (χ0n) is 13.1. The molecule has 1 aliphatic rings. The molecule has 0 atom stereocenters. The first-order valence-corrected chi connectivity index (χ1v) is 6.93. The predicted octanol–water partition coefficient (Wildman–Crippen LogP) is 4.19. The van der Waals surface area contributed by atoms with Gasteiger partial charge in [0, 0.05) is 11.1 Å². The Balaban J connectivity index is 0.000000579. The fraction of sp³-hybridized carbons (Fsp3) is 0.312. The number of allylic oxidation sites excluding steroid dienone is 7. The number of nitrogens with zero attached hydrogens (tertiary/aromatic N) is 3. The highest BCUT2D eigenvalue weighted by molar-refractivity contribution is 5.59. The minimum Gasteiger partial charge on any atom is -0.265 e. The van der Waals surface area contributed by atoms with E-state index >= 15 is 0 Å². The molecule has 0 saturated heterocycles. The van der Waals surface area contributed by atoms with Gasteiger partial charge in [0.05, 0.1) is 11.4 Å². The van der Waals surface area contributed by atoms with E-state index in [-0.39, 0.29) is 0 Å². The van der Waals surface area contributed by atoms with Crippen molar-refractivity contribution in [3.63, 3.8) is 0 Å². The van der Waals surface area contributed by atoms with Gasteiger partial charge in [-0.15, -0.1) is 0 Å². The van der Waals surface area contributed by atoms with Crippen LogP contribution in [0.4, 0.5) is 0 Å². The Kier molecular flexibility index (Phi) is 10.1. The van der Waals surface area contributed by atoms with Crippen molar-refractivity contribution in [2.24, 2.45) is 0 Å². The molecule has 5 nitrogen and oxygen atoms in total. The average molecular weight is 289 g/mol. The summed E-state index contributed by atoms with van der Waals surface area (Å²) in [6, 6.07) is 2.01. The fourth-order valence-electron chi connectivity index (χ4n) is 1.48. The minimum absolute atomic E-state index is 0.500. The van der Waals surface area contributed by atoms with Crippen molar-refractivity contribution in [1.82, 2.24) is 9.78 Å². The Morgan fingerprint density at radius 3 is 2.67 bits per heavy atom. The van der Waals surface area contributed by atoms with Crippen molar-refractivity contribution in [3.05, 3.63) is 64.5 Å². The van der Waals surface area contributed by atoms with Crippen LogP contribution in [0, 0.1) is 10.1 Å². The molecular weight excluding hydrogens is 266 g/mol. The van der Waals surface area contributed by atoms with Crippen molar-refractivity contribution in [2.75, 3.05) is 7.05 Å². The van der Waals surface area contributed by atoms with E-state index in [1.807, 2.05) is 55.9 Å². The van der Waals surface area contributed by atoms with E-state index in [1.165, 1.54) is 0 Å². The topological polar surface area (TPSA) is 61.0 Å². The molecule has 21 heavy (non-hydrogen) atoms. The van der Waals surface area contributed by atoms with Crippen LogP contribution in [0.15, 0.2) is 48.7 Å². The van der Waals surface area contributed by atoms with Crippen LogP contribution in [0.5, 0.6) is 0 Å². The standard InChI is InChI=1S/C13H14N2.C2H6.CH3NO2/c1-2-7-12-10-11-15(14-12)13-8-5-3-4-6-9-13;1-2;1-2(3)4/h2-5,7-11H,6H2,1H3;1-2H3;1H3/b7-2+;;. The molecular formula is C16H23N3O2. The van der Waals surface area contributed by atoms with Crippen LogP contribution in [0.3, 0.4) is 0 Å². The molecule has 1 aromatic rings. The predicted molar refractivity (Wildman–Crippen MR) is 88.4 cm³/mol. The van der Waals surface area contributed by atoms with E-state index < -0.39 is 4.92 Å². The number of rotatable bonds is 2. The molecule has 1 heterocycles. The van der Waals surface area contributed by atoms with Gasteiger partial charge in [0.2, 0.25) is 0 Å². The number of hydrogen-bond acceptors (Lipinski definition) is 3. The summed E-state index contributed by atoms with van der Waals surface area (Å²) in [6.07, 6.45) is 17.4. The Labute approximate surface area is 126 Å². The van der Waals surface area contributed by atoms with Crippen LogP contribution in [0.1, 0.15) is 32.9 Å². The lowest BCUT2D eigenvalue weighted by atomic mass is 10.3. The second-order valence-corrected chi connectivity index (χ2v) is 3.78. The van der Waals surface area contributed by atoms with Crippen LogP contribution >= 0.6 is 0 Å². The molecule has 1 aromatic heterocycles. The maximum absolute atomic E-state index is 8.81. The van der Waals surface area contributed by atoms with Crippen LogP contribution in [-0.2, 0) is 0 Å². The zero-order valence-corrected chi connectivity index (χ0v) is 13.1. The summed E-state index contributed by atoms with van der Waals surface area (Å²) in [5.41, 5.74) is 2.11. The Morgan fingerprint density at radius 1 is 1.38 bits per heavy atom. The quantitative estimate of drug-likeness (QED) is 0.605.